The normalized spacial score (nSPS) is 15.3. The Labute approximate surface area is 320 Å². The Bertz CT molecular complexity index is 2920. The van der Waals surface area contributed by atoms with E-state index in [0.29, 0.717) is 0 Å². The Morgan fingerprint density at radius 1 is 0.491 bits per heavy atom. The lowest BCUT2D eigenvalue weighted by Gasteiger charge is -2.31. The van der Waals surface area contributed by atoms with E-state index >= 15 is 0 Å². The molecule has 2 atom stereocenters. The lowest BCUT2D eigenvalue weighted by atomic mass is 9.83. The Kier molecular flexibility index (Phi) is 7.31. The van der Waals surface area contributed by atoms with E-state index in [1.165, 1.54) is 55.2 Å². The maximum absolute atomic E-state index is 6.84. The molecule has 0 fully saturated rings. The molecule has 9 aromatic rings. The molecule has 0 N–H and O–H groups in total. The molecule has 0 saturated carbocycles. The first-order valence-corrected chi connectivity index (χ1v) is 19.0. The van der Waals surface area contributed by atoms with Gasteiger partial charge in [-0.15, -0.1) is 0 Å². The Morgan fingerprint density at radius 3 is 2.09 bits per heavy atom. The standard InChI is InChI=1S/C52H36N2O/c1-3-15-35(16-4-1)41-22-9-11-25-46(41)54(49-27-14-28-50-51(49)44-31-29-36-17-7-8-23-42(36)52(44)55-50)40-21-13-18-37(33-40)38-30-32-48-45(34-38)43-24-10-12-26-47(43)53(48)39-19-5-2-6-20-39/h1-34,44,52H. The van der Waals surface area contributed by atoms with Crippen molar-refractivity contribution in [1.82, 2.24) is 4.57 Å². The third-order valence-electron chi connectivity index (χ3n) is 11.3. The molecule has 0 saturated heterocycles. The second-order valence-electron chi connectivity index (χ2n) is 14.4. The van der Waals surface area contributed by atoms with Gasteiger partial charge in [0, 0.05) is 44.8 Å². The van der Waals surface area contributed by atoms with Crippen molar-refractivity contribution in [3.05, 3.63) is 217 Å². The summed E-state index contributed by atoms with van der Waals surface area (Å²) < 4.78 is 9.21. The summed E-state index contributed by atoms with van der Waals surface area (Å²) in [5, 5.41) is 2.48. The molecule has 3 heteroatoms. The molecule has 1 aliphatic heterocycles. The molecule has 0 radical (unpaired) electrons. The van der Waals surface area contributed by atoms with Crippen LogP contribution in [0.4, 0.5) is 17.1 Å². The van der Waals surface area contributed by atoms with Crippen molar-refractivity contribution in [2.24, 2.45) is 0 Å². The molecule has 1 aliphatic carbocycles. The van der Waals surface area contributed by atoms with Gasteiger partial charge in [0.1, 0.15) is 11.9 Å². The third kappa shape index (κ3) is 5.12. The van der Waals surface area contributed by atoms with Crippen LogP contribution in [0.2, 0.25) is 0 Å². The highest BCUT2D eigenvalue weighted by Gasteiger charge is 2.40. The number of nitrogens with zero attached hydrogens (tertiary/aromatic N) is 2. The van der Waals surface area contributed by atoms with E-state index in [1.54, 1.807) is 0 Å². The predicted octanol–water partition coefficient (Wildman–Crippen LogP) is 13.8. The van der Waals surface area contributed by atoms with E-state index in [0.717, 1.165) is 34.1 Å². The number of hydrogen-bond acceptors (Lipinski definition) is 2. The van der Waals surface area contributed by atoms with Crippen LogP contribution >= 0.6 is 0 Å². The highest BCUT2D eigenvalue weighted by molar-refractivity contribution is 6.10. The van der Waals surface area contributed by atoms with E-state index in [2.05, 4.69) is 216 Å². The number of rotatable bonds is 6. The molecule has 2 aliphatic rings. The zero-order chi connectivity index (χ0) is 36.3. The first-order valence-electron chi connectivity index (χ1n) is 19.0. The molecule has 55 heavy (non-hydrogen) atoms. The molecule has 3 nitrogen and oxygen atoms in total. The van der Waals surface area contributed by atoms with Gasteiger partial charge in [-0.25, -0.2) is 0 Å². The SMILES string of the molecule is C1=CC2c3c(cccc3N(c3cccc(-c4ccc5c(c4)c4ccccc4n5-c4ccccc4)c3)c3ccccc3-c3ccccc3)OC2c2ccccc21. The van der Waals surface area contributed by atoms with Crippen molar-refractivity contribution < 1.29 is 4.74 Å². The molecular formula is C52H36N2O. The highest BCUT2D eigenvalue weighted by Crippen LogP contribution is 2.56. The predicted molar refractivity (Wildman–Crippen MR) is 228 cm³/mol. The van der Waals surface area contributed by atoms with Gasteiger partial charge >= 0.3 is 0 Å². The summed E-state index contributed by atoms with van der Waals surface area (Å²) in [6.45, 7) is 0. The number of fused-ring (bicyclic) bond motifs is 8. The Morgan fingerprint density at radius 2 is 1.18 bits per heavy atom. The smallest absolute Gasteiger partial charge is 0.135 e. The molecule has 2 unspecified atom stereocenters. The minimum Gasteiger partial charge on any atom is -0.484 e. The molecule has 8 aromatic carbocycles. The summed E-state index contributed by atoms with van der Waals surface area (Å²) in [7, 11) is 0. The van der Waals surface area contributed by atoms with E-state index in [1.807, 2.05) is 0 Å². The number of benzene rings is 8. The minimum atomic E-state index is -0.0698. The molecule has 11 rings (SSSR count). The van der Waals surface area contributed by atoms with Crippen LogP contribution in [0.15, 0.2) is 200 Å². The van der Waals surface area contributed by atoms with Gasteiger partial charge in [0.2, 0.25) is 0 Å². The first-order chi connectivity index (χ1) is 27.3. The molecular weight excluding hydrogens is 669 g/mol. The van der Waals surface area contributed by atoms with Gasteiger partial charge in [-0.3, -0.25) is 0 Å². The van der Waals surface area contributed by atoms with Crippen molar-refractivity contribution in [3.63, 3.8) is 0 Å². The molecule has 0 amide bonds. The summed E-state index contributed by atoms with van der Waals surface area (Å²) in [6, 6.07) is 69.9. The summed E-state index contributed by atoms with van der Waals surface area (Å²) >= 11 is 0. The molecule has 0 bridgehead atoms. The van der Waals surface area contributed by atoms with Crippen molar-refractivity contribution >= 4 is 44.9 Å². The topological polar surface area (TPSA) is 17.4 Å². The van der Waals surface area contributed by atoms with Crippen molar-refractivity contribution in [2.75, 3.05) is 4.90 Å². The maximum atomic E-state index is 6.84. The molecule has 260 valence electrons. The zero-order valence-corrected chi connectivity index (χ0v) is 30.1. The average molecular weight is 705 g/mol. The lowest BCUT2D eigenvalue weighted by Crippen LogP contribution is -2.16. The highest BCUT2D eigenvalue weighted by atomic mass is 16.5. The van der Waals surface area contributed by atoms with Crippen LogP contribution in [0, 0.1) is 0 Å². The quantitative estimate of drug-likeness (QED) is 0.171. The van der Waals surface area contributed by atoms with Crippen LogP contribution in [0.25, 0.3) is 55.8 Å². The lowest BCUT2D eigenvalue weighted by molar-refractivity contribution is 0.223. The van der Waals surface area contributed by atoms with Crippen LogP contribution in [-0.4, -0.2) is 4.57 Å². The van der Waals surface area contributed by atoms with Gasteiger partial charge in [-0.05, 0) is 82.9 Å². The fourth-order valence-electron chi connectivity index (χ4n) is 8.88. The fraction of sp³-hybridized carbons (Fsp3) is 0.0385. The molecule has 2 heterocycles. The van der Waals surface area contributed by atoms with E-state index in [-0.39, 0.29) is 12.0 Å². The van der Waals surface area contributed by atoms with Gasteiger partial charge in [0.15, 0.2) is 0 Å². The van der Waals surface area contributed by atoms with Crippen LogP contribution in [-0.2, 0) is 0 Å². The number of para-hydroxylation sites is 3. The van der Waals surface area contributed by atoms with Gasteiger partial charge in [-0.1, -0.05) is 146 Å². The number of hydrogen-bond donors (Lipinski definition) is 0. The number of ether oxygens (including phenoxy) is 1. The second-order valence-corrected chi connectivity index (χ2v) is 14.4. The Balaban J connectivity index is 1.10. The summed E-state index contributed by atoms with van der Waals surface area (Å²) in [5.41, 5.74) is 15.2. The van der Waals surface area contributed by atoms with Gasteiger partial charge in [-0.2, -0.15) is 0 Å². The van der Waals surface area contributed by atoms with Gasteiger partial charge < -0.3 is 14.2 Å². The largest absolute Gasteiger partial charge is 0.484 e. The van der Waals surface area contributed by atoms with Gasteiger partial charge in [0.05, 0.1) is 22.4 Å². The van der Waals surface area contributed by atoms with Crippen molar-refractivity contribution in [2.45, 2.75) is 12.0 Å². The van der Waals surface area contributed by atoms with E-state index in [4.69, 9.17) is 4.74 Å². The first kappa shape index (κ1) is 31.4. The average Bonchev–Trinajstić information content (AvgIpc) is 3.81. The summed E-state index contributed by atoms with van der Waals surface area (Å²) in [4.78, 5) is 2.45. The maximum Gasteiger partial charge on any atom is 0.135 e. The monoisotopic (exact) mass is 704 g/mol. The van der Waals surface area contributed by atoms with E-state index in [9.17, 15) is 0 Å². The van der Waals surface area contributed by atoms with Crippen molar-refractivity contribution in [1.29, 1.82) is 0 Å². The number of aromatic nitrogens is 1. The van der Waals surface area contributed by atoms with Crippen LogP contribution < -0.4 is 9.64 Å². The zero-order valence-electron chi connectivity index (χ0n) is 30.1. The van der Waals surface area contributed by atoms with Crippen LogP contribution in [0.5, 0.6) is 5.75 Å². The van der Waals surface area contributed by atoms with Crippen LogP contribution in [0.1, 0.15) is 28.7 Å². The number of anilines is 3. The summed E-state index contributed by atoms with van der Waals surface area (Å²) in [6.07, 6.45) is 4.53. The second kappa shape index (κ2) is 12.8. The van der Waals surface area contributed by atoms with Crippen molar-refractivity contribution in [3.8, 4) is 33.7 Å². The van der Waals surface area contributed by atoms with E-state index < -0.39 is 0 Å². The Hall–Kier alpha value is -7.10. The fourth-order valence-corrected chi connectivity index (χ4v) is 8.88. The third-order valence-corrected chi connectivity index (χ3v) is 11.3. The summed E-state index contributed by atoms with van der Waals surface area (Å²) in [5.74, 6) is 1.02. The molecule has 0 spiro atoms. The minimum absolute atomic E-state index is 0.0698. The molecule has 1 aromatic heterocycles. The van der Waals surface area contributed by atoms with Crippen LogP contribution in [0.3, 0.4) is 0 Å². The van der Waals surface area contributed by atoms with Gasteiger partial charge in [0.25, 0.3) is 0 Å².